The summed E-state index contributed by atoms with van der Waals surface area (Å²) < 4.78 is 5.27. The van der Waals surface area contributed by atoms with Gasteiger partial charge in [-0.2, -0.15) is 4.98 Å². The minimum atomic E-state index is 0.0394. The van der Waals surface area contributed by atoms with Crippen molar-refractivity contribution in [1.29, 1.82) is 0 Å². The summed E-state index contributed by atoms with van der Waals surface area (Å²) in [5, 5.41) is 5.93. The summed E-state index contributed by atoms with van der Waals surface area (Å²) in [7, 11) is 0. The monoisotopic (exact) mass is 388 g/mol. The lowest BCUT2D eigenvalue weighted by molar-refractivity contribution is -0.138. The van der Waals surface area contributed by atoms with Gasteiger partial charge < -0.3 is 14.3 Å². The van der Waals surface area contributed by atoms with Crippen LogP contribution in [0.4, 0.5) is 0 Å². The predicted molar refractivity (Wildman–Crippen MR) is 100 cm³/mol. The van der Waals surface area contributed by atoms with E-state index in [4.69, 9.17) is 4.52 Å². The van der Waals surface area contributed by atoms with Gasteiger partial charge in [0.2, 0.25) is 17.7 Å². The van der Waals surface area contributed by atoms with E-state index in [9.17, 15) is 9.59 Å². The van der Waals surface area contributed by atoms with Crippen LogP contribution in [0.25, 0.3) is 0 Å². The van der Waals surface area contributed by atoms with Gasteiger partial charge in [-0.3, -0.25) is 9.59 Å². The van der Waals surface area contributed by atoms with Gasteiger partial charge in [-0.05, 0) is 43.2 Å². The maximum absolute atomic E-state index is 12.6. The topological polar surface area (TPSA) is 79.5 Å². The lowest BCUT2D eigenvalue weighted by Gasteiger charge is -2.31. The summed E-state index contributed by atoms with van der Waals surface area (Å²) in [6.07, 6.45) is 3.32. The first-order valence-corrected chi connectivity index (χ1v) is 10.4. The Kier molecular flexibility index (Phi) is 5.24. The lowest BCUT2D eigenvalue weighted by Crippen LogP contribution is -2.40. The molecule has 4 rings (SSSR count). The van der Waals surface area contributed by atoms with Crippen LogP contribution in [0.5, 0.6) is 0 Å². The molecule has 2 aliphatic heterocycles. The number of thiophene rings is 1. The highest BCUT2D eigenvalue weighted by Crippen LogP contribution is 2.27. The molecule has 8 heteroatoms. The average molecular weight is 388 g/mol. The van der Waals surface area contributed by atoms with Gasteiger partial charge in [0.25, 0.3) is 0 Å². The number of hydrogen-bond acceptors (Lipinski definition) is 6. The predicted octanol–water partition coefficient (Wildman–Crippen LogP) is 2.51. The Morgan fingerprint density at radius 3 is 2.85 bits per heavy atom. The van der Waals surface area contributed by atoms with Crippen molar-refractivity contribution >= 4 is 23.2 Å². The van der Waals surface area contributed by atoms with Crippen molar-refractivity contribution in [2.45, 2.75) is 51.5 Å². The largest absolute Gasteiger partial charge is 0.342 e. The first-order chi connectivity index (χ1) is 13.1. The fourth-order valence-corrected chi connectivity index (χ4v) is 4.77. The molecule has 0 N–H and O–H groups in total. The minimum absolute atomic E-state index is 0.0394. The van der Waals surface area contributed by atoms with E-state index in [1.54, 1.807) is 18.3 Å². The normalized spacial score (nSPS) is 19.8. The van der Waals surface area contributed by atoms with Crippen LogP contribution >= 0.6 is 11.3 Å². The zero-order chi connectivity index (χ0) is 18.8. The van der Waals surface area contributed by atoms with Crippen LogP contribution in [-0.4, -0.2) is 51.4 Å². The minimum Gasteiger partial charge on any atom is -0.342 e. The van der Waals surface area contributed by atoms with Crippen molar-refractivity contribution in [3.8, 4) is 0 Å². The lowest BCUT2D eigenvalue weighted by atomic mass is 9.97. The third-order valence-electron chi connectivity index (χ3n) is 5.38. The number of rotatable bonds is 4. The van der Waals surface area contributed by atoms with Crippen LogP contribution in [0.15, 0.2) is 16.0 Å². The number of aryl methyl sites for hydroxylation is 1. The Balaban J connectivity index is 1.28. The number of nitrogens with zero attached hydrogens (tertiary/aromatic N) is 4. The molecule has 1 fully saturated rings. The molecule has 27 heavy (non-hydrogen) atoms. The standard InChI is InChI=1S/C19H24N4O3S/c1-13-20-19(26-21-13)15-3-2-8-22(12-15)17(24)4-5-18(25)23-9-6-16-14(11-23)7-10-27-16/h7,10,15H,2-6,8-9,11-12H2,1H3/t15-/m0/s1. The summed E-state index contributed by atoms with van der Waals surface area (Å²) >= 11 is 1.76. The number of piperidine rings is 1. The van der Waals surface area contributed by atoms with Crippen molar-refractivity contribution in [3.05, 3.63) is 33.6 Å². The Hall–Kier alpha value is -2.22. The molecule has 0 unspecified atom stereocenters. The molecule has 0 aromatic carbocycles. The molecule has 0 radical (unpaired) electrons. The zero-order valence-electron chi connectivity index (χ0n) is 15.5. The molecule has 2 aromatic heterocycles. The summed E-state index contributed by atoms with van der Waals surface area (Å²) in [4.78, 5) is 34.5. The average Bonchev–Trinajstić information content (AvgIpc) is 3.34. The van der Waals surface area contributed by atoms with E-state index < -0.39 is 0 Å². The van der Waals surface area contributed by atoms with Crippen LogP contribution in [0.1, 0.15) is 53.8 Å². The van der Waals surface area contributed by atoms with Gasteiger partial charge in [0.05, 0.1) is 5.92 Å². The number of carbonyl (C=O) groups is 2. The van der Waals surface area contributed by atoms with Gasteiger partial charge in [0, 0.05) is 43.9 Å². The van der Waals surface area contributed by atoms with Gasteiger partial charge in [-0.1, -0.05) is 5.16 Å². The molecule has 144 valence electrons. The Labute approximate surface area is 162 Å². The van der Waals surface area contributed by atoms with Crippen molar-refractivity contribution < 1.29 is 14.1 Å². The van der Waals surface area contributed by atoms with E-state index in [-0.39, 0.29) is 30.6 Å². The molecular formula is C19H24N4O3S. The highest BCUT2D eigenvalue weighted by Gasteiger charge is 2.29. The van der Waals surface area contributed by atoms with Crippen LogP contribution < -0.4 is 0 Å². The van der Waals surface area contributed by atoms with E-state index in [1.807, 2.05) is 9.80 Å². The Morgan fingerprint density at radius 2 is 2.07 bits per heavy atom. The van der Waals surface area contributed by atoms with E-state index in [2.05, 4.69) is 21.6 Å². The van der Waals surface area contributed by atoms with Gasteiger partial charge in [0.15, 0.2) is 5.82 Å². The molecule has 7 nitrogen and oxygen atoms in total. The van der Waals surface area contributed by atoms with Crippen molar-refractivity contribution in [1.82, 2.24) is 19.9 Å². The highest BCUT2D eigenvalue weighted by atomic mass is 32.1. The summed E-state index contributed by atoms with van der Waals surface area (Å²) in [5.74, 6) is 1.44. The van der Waals surface area contributed by atoms with Crippen LogP contribution in [0.2, 0.25) is 0 Å². The quantitative estimate of drug-likeness (QED) is 0.804. The fraction of sp³-hybridized carbons (Fsp3) is 0.579. The van der Waals surface area contributed by atoms with Gasteiger partial charge in [-0.15, -0.1) is 11.3 Å². The summed E-state index contributed by atoms with van der Waals surface area (Å²) in [6.45, 7) is 4.55. The molecular weight excluding hydrogens is 364 g/mol. The smallest absolute Gasteiger partial charge is 0.231 e. The molecule has 4 heterocycles. The number of amides is 2. The van der Waals surface area contributed by atoms with Crippen molar-refractivity contribution in [2.75, 3.05) is 19.6 Å². The SMILES string of the molecule is Cc1noc([C@H]2CCCN(C(=O)CCC(=O)N3CCc4sccc4C3)C2)n1. The number of fused-ring (bicyclic) bond motifs is 1. The Bertz CT molecular complexity index is 831. The first-order valence-electron chi connectivity index (χ1n) is 9.51. The van der Waals surface area contributed by atoms with E-state index in [1.165, 1.54) is 10.4 Å². The molecule has 0 saturated carbocycles. The molecule has 0 spiro atoms. The number of carbonyl (C=O) groups excluding carboxylic acids is 2. The molecule has 0 bridgehead atoms. The second-order valence-corrected chi connectivity index (χ2v) is 8.29. The number of aromatic nitrogens is 2. The van der Waals surface area contributed by atoms with Gasteiger partial charge in [0.1, 0.15) is 0 Å². The fourth-order valence-electron chi connectivity index (χ4n) is 3.88. The highest BCUT2D eigenvalue weighted by molar-refractivity contribution is 7.10. The molecule has 2 aliphatic rings. The number of likely N-dealkylation sites (tertiary alicyclic amines) is 1. The molecule has 0 aliphatic carbocycles. The van der Waals surface area contributed by atoms with Crippen LogP contribution in [0, 0.1) is 6.92 Å². The third-order valence-corrected chi connectivity index (χ3v) is 6.40. The van der Waals surface area contributed by atoms with E-state index in [0.29, 0.717) is 24.8 Å². The second-order valence-electron chi connectivity index (χ2n) is 7.29. The number of hydrogen-bond donors (Lipinski definition) is 0. The molecule has 2 aromatic rings. The summed E-state index contributed by atoms with van der Waals surface area (Å²) in [5.41, 5.74) is 1.25. The second kappa shape index (κ2) is 7.80. The molecule has 1 saturated heterocycles. The maximum Gasteiger partial charge on any atom is 0.231 e. The van der Waals surface area contributed by atoms with Crippen molar-refractivity contribution in [3.63, 3.8) is 0 Å². The van der Waals surface area contributed by atoms with Crippen LogP contribution in [-0.2, 0) is 22.6 Å². The summed E-state index contributed by atoms with van der Waals surface area (Å²) in [6, 6.07) is 2.09. The van der Waals surface area contributed by atoms with Crippen molar-refractivity contribution in [2.24, 2.45) is 0 Å². The molecule has 2 amide bonds. The first kappa shape index (κ1) is 18.2. The van der Waals surface area contributed by atoms with E-state index >= 15 is 0 Å². The Morgan fingerprint density at radius 1 is 1.26 bits per heavy atom. The van der Waals surface area contributed by atoms with Gasteiger partial charge in [-0.25, -0.2) is 0 Å². The van der Waals surface area contributed by atoms with Crippen LogP contribution in [0.3, 0.4) is 0 Å². The van der Waals surface area contributed by atoms with Gasteiger partial charge >= 0.3 is 0 Å². The zero-order valence-corrected chi connectivity index (χ0v) is 16.3. The van der Waals surface area contributed by atoms with E-state index in [0.717, 1.165) is 32.4 Å². The molecule has 1 atom stereocenters. The maximum atomic E-state index is 12.6. The third kappa shape index (κ3) is 4.05.